The van der Waals surface area contributed by atoms with Gasteiger partial charge in [-0.2, -0.15) is 5.26 Å². The molecule has 2 N–H and O–H groups in total. The Kier molecular flexibility index (Phi) is 3.60. The Balaban J connectivity index is 2.05. The van der Waals surface area contributed by atoms with Gasteiger partial charge < -0.3 is 10.4 Å². The van der Waals surface area contributed by atoms with Gasteiger partial charge in [0, 0.05) is 10.6 Å². The van der Waals surface area contributed by atoms with Gasteiger partial charge >= 0.3 is 0 Å². The second-order valence-electron chi connectivity index (χ2n) is 3.65. The van der Waals surface area contributed by atoms with Crippen molar-refractivity contribution in [2.75, 3.05) is 5.32 Å². The quantitative estimate of drug-likeness (QED) is 0.831. The Morgan fingerprint density at radius 3 is 2.94 bits per heavy atom. The van der Waals surface area contributed by atoms with Crippen molar-refractivity contribution < 1.29 is 9.90 Å². The molecule has 0 aliphatic carbocycles. The van der Waals surface area contributed by atoms with Gasteiger partial charge in [-0.05, 0) is 29.6 Å². The molecule has 2 rings (SSSR count). The van der Waals surface area contributed by atoms with E-state index in [0.717, 1.165) is 4.88 Å². The average molecular weight is 258 g/mol. The van der Waals surface area contributed by atoms with Gasteiger partial charge in [-0.3, -0.25) is 4.79 Å². The number of amides is 1. The van der Waals surface area contributed by atoms with Crippen LogP contribution in [0.5, 0.6) is 5.75 Å². The van der Waals surface area contributed by atoms with E-state index in [1.165, 1.54) is 23.5 Å². The predicted octanol–water partition coefficient (Wildman–Crippen LogP) is 2.51. The van der Waals surface area contributed by atoms with Crippen LogP contribution in [-0.2, 0) is 11.2 Å². The lowest BCUT2D eigenvalue weighted by Gasteiger charge is -2.05. The maximum atomic E-state index is 11.7. The van der Waals surface area contributed by atoms with E-state index < -0.39 is 0 Å². The topological polar surface area (TPSA) is 73.1 Å². The number of aromatic hydroxyl groups is 1. The first-order valence-electron chi connectivity index (χ1n) is 5.24. The number of hydrogen-bond donors (Lipinski definition) is 2. The molecule has 1 aromatic heterocycles. The smallest absolute Gasteiger partial charge is 0.229 e. The van der Waals surface area contributed by atoms with E-state index in [4.69, 9.17) is 5.26 Å². The fraction of sp³-hybridized carbons (Fsp3) is 0.0769. The van der Waals surface area contributed by atoms with Gasteiger partial charge in [-0.1, -0.05) is 6.07 Å². The number of anilines is 1. The number of thiophene rings is 1. The van der Waals surface area contributed by atoms with Gasteiger partial charge in [0.1, 0.15) is 11.8 Å². The summed E-state index contributed by atoms with van der Waals surface area (Å²) in [6.45, 7) is 0. The highest BCUT2D eigenvalue weighted by atomic mass is 32.1. The molecule has 0 saturated carbocycles. The van der Waals surface area contributed by atoms with Crippen molar-refractivity contribution >= 4 is 22.9 Å². The Hall–Kier alpha value is -2.32. The lowest BCUT2D eigenvalue weighted by atomic mass is 10.2. The molecule has 1 heterocycles. The number of hydrogen-bond acceptors (Lipinski definition) is 4. The minimum Gasteiger partial charge on any atom is -0.507 e. The number of phenols is 1. The molecule has 90 valence electrons. The monoisotopic (exact) mass is 258 g/mol. The van der Waals surface area contributed by atoms with Crippen LogP contribution in [0.3, 0.4) is 0 Å². The molecule has 0 saturated heterocycles. The zero-order valence-corrected chi connectivity index (χ0v) is 10.2. The molecule has 18 heavy (non-hydrogen) atoms. The van der Waals surface area contributed by atoms with Gasteiger partial charge in [0.15, 0.2) is 0 Å². The van der Waals surface area contributed by atoms with E-state index in [2.05, 4.69) is 5.32 Å². The standard InChI is InChI=1S/C13H10N2O2S/c14-8-9-6-10(3-4-12(9)16)15-13(17)7-11-2-1-5-18-11/h1-6,16H,7H2,(H,15,17). The minimum atomic E-state index is -0.146. The summed E-state index contributed by atoms with van der Waals surface area (Å²) >= 11 is 1.52. The molecule has 0 bridgehead atoms. The average Bonchev–Trinajstić information content (AvgIpc) is 2.84. The number of nitrogens with one attached hydrogen (secondary N) is 1. The first-order valence-corrected chi connectivity index (χ1v) is 6.12. The van der Waals surface area contributed by atoms with Crippen LogP contribution < -0.4 is 5.32 Å². The molecule has 0 aliphatic heterocycles. The van der Waals surface area contributed by atoms with Crippen LogP contribution in [0.25, 0.3) is 0 Å². The van der Waals surface area contributed by atoms with E-state index in [1.54, 1.807) is 6.07 Å². The maximum absolute atomic E-state index is 11.7. The number of carbonyl (C=O) groups excluding carboxylic acids is 1. The van der Waals surface area contributed by atoms with E-state index in [1.807, 2.05) is 23.6 Å². The molecule has 0 atom stereocenters. The zero-order valence-electron chi connectivity index (χ0n) is 9.38. The summed E-state index contributed by atoms with van der Waals surface area (Å²) in [5.41, 5.74) is 0.648. The van der Waals surface area contributed by atoms with E-state index >= 15 is 0 Å². The summed E-state index contributed by atoms with van der Waals surface area (Å²) in [5.74, 6) is -0.235. The molecular weight excluding hydrogens is 248 g/mol. The van der Waals surface area contributed by atoms with Crippen LogP contribution in [0.15, 0.2) is 35.7 Å². The molecule has 4 nitrogen and oxygen atoms in total. The molecule has 0 spiro atoms. The normalized spacial score (nSPS) is 9.72. The second kappa shape index (κ2) is 5.34. The maximum Gasteiger partial charge on any atom is 0.229 e. The molecule has 5 heteroatoms. The molecule has 0 unspecified atom stereocenters. The van der Waals surface area contributed by atoms with Crippen molar-refractivity contribution in [3.63, 3.8) is 0 Å². The summed E-state index contributed by atoms with van der Waals surface area (Å²) in [6, 6.07) is 10.0. The Labute approximate surface area is 108 Å². The molecule has 2 aromatic rings. The predicted molar refractivity (Wildman–Crippen MR) is 69.5 cm³/mol. The van der Waals surface area contributed by atoms with Crippen molar-refractivity contribution in [2.24, 2.45) is 0 Å². The summed E-state index contributed by atoms with van der Waals surface area (Å²) in [4.78, 5) is 12.7. The summed E-state index contributed by atoms with van der Waals surface area (Å²) in [7, 11) is 0. The summed E-state index contributed by atoms with van der Waals surface area (Å²) < 4.78 is 0. The lowest BCUT2D eigenvalue weighted by molar-refractivity contribution is -0.115. The number of carbonyl (C=O) groups is 1. The molecule has 0 aliphatic rings. The van der Waals surface area contributed by atoms with Crippen LogP contribution in [0.1, 0.15) is 10.4 Å². The van der Waals surface area contributed by atoms with Gasteiger partial charge in [0.05, 0.1) is 12.0 Å². The molecule has 1 amide bonds. The summed E-state index contributed by atoms with van der Waals surface area (Å²) in [6.07, 6.45) is 0.306. The number of benzene rings is 1. The fourth-order valence-corrected chi connectivity index (χ4v) is 2.18. The molecule has 0 fully saturated rings. The highest BCUT2D eigenvalue weighted by Gasteiger charge is 2.07. The Morgan fingerprint density at radius 2 is 2.28 bits per heavy atom. The second-order valence-corrected chi connectivity index (χ2v) is 4.68. The van der Waals surface area contributed by atoms with Gasteiger partial charge in [-0.25, -0.2) is 0 Å². The Morgan fingerprint density at radius 1 is 1.44 bits per heavy atom. The number of phenolic OH excluding ortho intramolecular Hbond substituents is 1. The van der Waals surface area contributed by atoms with Crippen LogP contribution in [0, 0.1) is 11.3 Å². The third kappa shape index (κ3) is 2.87. The van der Waals surface area contributed by atoms with E-state index in [0.29, 0.717) is 12.1 Å². The van der Waals surface area contributed by atoms with Gasteiger partial charge in [-0.15, -0.1) is 11.3 Å². The lowest BCUT2D eigenvalue weighted by Crippen LogP contribution is -2.13. The van der Waals surface area contributed by atoms with Crippen LogP contribution in [0.4, 0.5) is 5.69 Å². The Bertz CT molecular complexity index is 600. The van der Waals surface area contributed by atoms with Crippen molar-refractivity contribution in [2.45, 2.75) is 6.42 Å². The summed E-state index contributed by atoms with van der Waals surface area (Å²) in [5, 5.41) is 22.7. The van der Waals surface area contributed by atoms with E-state index in [9.17, 15) is 9.90 Å². The van der Waals surface area contributed by atoms with Crippen LogP contribution in [0.2, 0.25) is 0 Å². The third-order valence-electron chi connectivity index (χ3n) is 2.32. The van der Waals surface area contributed by atoms with Gasteiger partial charge in [0.2, 0.25) is 5.91 Å². The van der Waals surface area contributed by atoms with Crippen molar-refractivity contribution in [1.82, 2.24) is 0 Å². The van der Waals surface area contributed by atoms with Crippen molar-refractivity contribution in [1.29, 1.82) is 5.26 Å². The first kappa shape index (κ1) is 12.1. The molecule has 1 aromatic carbocycles. The molecular formula is C13H10N2O2S. The van der Waals surface area contributed by atoms with Gasteiger partial charge in [0.25, 0.3) is 0 Å². The van der Waals surface area contributed by atoms with Crippen LogP contribution >= 0.6 is 11.3 Å². The zero-order chi connectivity index (χ0) is 13.0. The highest BCUT2D eigenvalue weighted by Crippen LogP contribution is 2.20. The fourth-order valence-electron chi connectivity index (χ4n) is 1.48. The molecule has 0 radical (unpaired) electrons. The number of nitriles is 1. The first-order chi connectivity index (χ1) is 8.69. The third-order valence-corrected chi connectivity index (χ3v) is 3.19. The van der Waals surface area contributed by atoms with E-state index in [-0.39, 0.29) is 17.2 Å². The van der Waals surface area contributed by atoms with Crippen molar-refractivity contribution in [3.8, 4) is 11.8 Å². The number of nitrogens with zero attached hydrogens (tertiary/aromatic N) is 1. The van der Waals surface area contributed by atoms with Crippen LogP contribution in [-0.4, -0.2) is 11.0 Å². The largest absolute Gasteiger partial charge is 0.507 e. The number of rotatable bonds is 3. The van der Waals surface area contributed by atoms with Crippen molar-refractivity contribution in [3.05, 3.63) is 46.2 Å². The minimum absolute atomic E-state index is 0.0891. The highest BCUT2D eigenvalue weighted by molar-refractivity contribution is 7.10. The SMILES string of the molecule is N#Cc1cc(NC(=O)Cc2cccs2)ccc1O.